The van der Waals surface area contributed by atoms with Gasteiger partial charge in [-0.25, -0.2) is 0 Å². The van der Waals surface area contributed by atoms with E-state index in [4.69, 9.17) is 5.73 Å². The molecule has 1 heterocycles. The van der Waals surface area contributed by atoms with Crippen LogP contribution in [-0.4, -0.2) is 11.4 Å². The highest BCUT2D eigenvalue weighted by Crippen LogP contribution is 2.42. The van der Waals surface area contributed by atoms with Gasteiger partial charge in [0, 0.05) is 11.6 Å². The standard InChI is InChI=1S/C21H32N2O/c1-15(2)10-11-18(20(22)24)19-17-9-5-4-8-16(17)14-21(23-19)12-6-3-7-13-21/h4-5,8-9,15,18-19,23H,3,6-7,10-14H2,1-2H3,(H2,22,24)/t18-,19-/m0/s1. The van der Waals surface area contributed by atoms with Gasteiger partial charge < -0.3 is 11.1 Å². The van der Waals surface area contributed by atoms with Crippen LogP contribution in [0.3, 0.4) is 0 Å². The monoisotopic (exact) mass is 328 g/mol. The summed E-state index contributed by atoms with van der Waals surface area (Å²) in [4.78, 5) is 12.3. The zero-order valence-electron chi connectivity index (χ0n) is 15.2. The first-order valence-corrected chi connectivity index (χ1v) is 9.65. The van der Waals surface area contributed by atoms with Crippen molar-refractivity contribution in [2.75, 3.05) is 0 Å². The minimum atomic E-state index is -0.157. The Labute approximate surface area is 146 Å². The zero-order valence-corrected chi connectivity index (χ0v) is 15.2. The molecular weight excluding hydrogens is 296 g/mol. The lowest BCUT2D eigenvalue weighted by molar-refractivity contribution is -0.123. The van der Waals surface area contributed by atoms with Crippen molar-refractivity contribution in [2.24, 2.45) is 17.6 Å². The van der Waals surface area contributed by atoms with E-state index in [0.29, 0.717) is 5.92 Å². The largest absolute Gasteiger partial charge is 0.369 e. The van der Waals surface area contributed by atoms with E-state index in [0.717, 1.165) is 19.3 Å². The van der Waals surface area contributed by atoms with Crippen molar-refractivity contribution in [2.45, 2.75) is 76.8 Å². The number of fused-ring (bicyclic) bond motifs is 1. The molecule has 1 saturated carbocycles. The number of nitrogens with two attached hydrogens (primary N) is 1. The Bertz CT molecular complexity index is 575. The highest BCUT2D eigenvalue weighted by Gasteiger charge is 2.42. The molecule has 3 heteroatoms. The predicted octanol–water partition coefficient (Wildman–Crippen LogP) is 4.11. The average Bonchev–Trinajstić information content (AvgIpc) is 2.55. The summed E-state index contributed by atoms with van der Waals surface area (Å²) in [6.07, 6.45) is 9.35. The molecular formula is C21H32N2O. The van der Waals surface area contributed by atoms with Crippen LogP contribution in [0.15, 0.2) is 24.3 Å². The molecule has 1 amide bonds. The van der Waals surface area contributed by atoms with Gasteiger partial charge in [0.2, 0.25) is 5.91 Å². The molecule has 0 radical (unpaired) electrons. The second-order valence-corrected chi connectivity index (χ2v) is 8.32. The molecule has 132 valence electrons. The highest BCUT2D eigenvalue weighted by molar-refractivity contribution is 5.78. The SMILES string of the molecule is CC(C)CC[C@H](C(N)=O)[C@H]1NC2(CCCCC2)Cc2ccccc21. The summed E-state index contributed by atoms with van der Waals surface area (Å²) in [5.74, 6) is 0.317. The summed E-state index contributed by atoms with van der Waals surface area (Å²) in [5, 5.41) is 3.93. The lowest BCUT2D eigenvalue weighted by atomic mass is 9.70. The molecule has 3 nitrogen and oxygen atoms in total. The Morgan fingerprint density at radius 3 is 2.58 bits per heavy atom. The third-order valence-corrected chi connectivity index (χ3v) is 6.01. The number of benzene rings is 1. The fraction of sp³-hybridized carbons (Fsp3) is 0.667. The summed E-state index contributed by atoms with van der Waals surface area (Å²) in [7, 11) is 0. The third-order valence-electron chi connectivity index (χ3n) is 6.01. The van der Waals surface area contributed by atoms with Gasteiger partial charge >= 0.3 is 0 Å². The smallest absolute Gasteiger partial charge is 0.222 e. The molecule has 0 bridgehead atoms. The molecule has 1 aromatic carbocycles. The number of hydrogen-bond acceptors (Lipinski definition) is 2. The molecule has 1 aliphatic carbocycles. The van der Waals surface area contributed by atoms with E-state index in [-0.39, 0.29) is 23.4 Å². The lowest BCUT2D eigenvalue weighted by Crippen LogP contribution is -2.56. The number of amides is 1. The second-order valence-electron chi connectivity index (χ2n) is 8.32. The van der Waals surface area contributed by atoms with E-state index in [1.807, 2.05) is 0 Å². The number of carbonyl (C=O) groups is 1. The molecule has 1 aliphatic heterocycles. The molecule has 1 aromatic rings. The van der Waals surface area contributed by atoms with Crippen molar-refractivity contribution in [1.82, 2.24) is 5.32 Å². The van der Waals surface area contributed by atoms with Crippen LogP contribution in [0.5, 0.6) is 0 Å². The number of nitrogens with one attached hydrogen (secondary N) is 1. The molecule has 3 rings (SSSR count). The Kier molecular flexibility index (Phi) is 5.29. The Hall–Kier alpha value is -1.35. The summed E-state index contributed by atoms with van der Waals surface area (Å²) >= 11 is 0. The van der Waals surface area contributed by atoms with Gasteiger partial charge in [-0.05, 0) is 42.7 Å². The van der Waals surface area contributed by atoms with E-state index in [1.54, 1.807) is 0 Å². The van der Waals surface area contributed by atoms with Crippen molar-refractivity contribution >= 4 is 5.91 Å². The Morgan fingerprint density at radius 2 is 1.92 bits per heavy atom. The quantitative estimate of drug-likeness (QED) is 0.854. The number of hydrogen-bond donors (Lipinski definition) is 2. The highest BCUT2D eigenvalue weighted by atomic mass is 16.1. The third kappa shape index (κ3) is 3.66. The van der Waals surface area contributed by atoms with Crippen molar-refractivity contribution in [3.8, 4) is 0 Å². The van der Waals surface area contributed by atoms with Gasteiger partial charge in [0.05, 0.1) is 5.92 Å². The molecule has 2 atom stereocenters. The van der Waals surface area contributed by atoms with E-state index in [2.05, 4.69) is 43.4 Å². The van der Waals surface area contributed by atoms with Crippen LogP contribution in [0.2, 0.25) is 0 Å². The van der Waals surface area contributed by atoms with Crippen molar-refractivity contribution in [3.05, 3.63) is 35.4 Å². The maximum absolute atomic E-state index is 12.3. The summed E-state index contributed by atoms with van der Waals surface area (Å²) in [6.45, 7) is 4.42. The summed E-state index contributed by atoms with van der Waals surface area (Å²) in [6, 6.07) is 8.73. The van der Waals surface area contributed by atoms with E-state index in [9.17, 15) is 4.79 Å². The van der Waals surface area contributed by atoms with E-state index in [1.165, 1.54) is 43.2 Å². The van der Waals surface area contributed by atoms with Crippen LogP contribution in [0, 0.1) is 11.8 Å². The Morgan fingerprint density at radius 1 is 1.21 bits per heavy atom. The topological polar surface area (TPSA) is 55.1 Å². The molecule has 2 aliphatic rings. The molecule has 0 aromatic heterocycles. The van der Waals surface area contributed by atoms with Crippen molar-refractivity contribution in [3.63, 3.8) is 0 Å². The van der Waals surface area contributed by atoms with Gasteiger partial charge in [0.25, 0.3) is 0 Å². The molecule has 0 saturated heterocycles. The summed E-state index contributed by atoms with van der Waals surface area (Å²) < 4.78 is 0. The van der Waals surface area contributed by atoms with Gasteiger partial charge in [0.1, 0.15) is 0 Å². The molecule has 24 heavy (non-hydrogen) atoms. The van der Waals surface area contributed by atoms with Gasteiger partial charge in [-0.3, -0.25) is 4.79 Å². The number of carbonyl (C=O) groups excluding carboxylic acids is 1. The fourth-order valence-electron chi connectivity index (χ4n) is 4.67. The second kappa shape index (κ2) is 7.26. The van der Waals surface area contributed by atoms with Crippen LogP contribution in [-0.2, 0) is 11.2 Å². The van der Waals surface area contributed by atoms with Crippen LogP contribution in [0.1, 0.15) is 76.0 Å². The fourth-order valence-corrected chi connectivity index (χ4v) is 4.67. The Balaban J connectivity index is 1.92. The first-order valence-electron chi connectivity index (χ1n) is 9.65. The minimum Gasteiger partial charge on any atom is -0.369 e. The van der Waals surface area contributed by atoms with Crippen molar-refractivity contribution < 1.29 is 4.79 Å². The predicted molar refractivity (Wildman–Crippen MR) is 98.6 cm³/mol. The average molecular weight is 328 g/mol. The van der Waals surface area contributed by atoms with Gasteiger partial charge in [-0.2, -0.15) is 0 Å². The van der Waals surface area contributed by atoms with Gasteiger partial charge in [-0.15, -0.1) is 0 Å². The van der Waals surface area contributed by atoms with E-state index >= 15 is 0 Å². The molecule has 3 N–H and O–H groups in total. The molecule has 1 fully saturated rings. The van der Waals surface area contributed by atoms with Crippen LogP contribution in [0.25, 0.3) is 0 Å². The normalized spacial score (nSPS) is 23.9. The van der Waals surface area contributed by atoms with Crippen LogP contribution >= 0.6 is 0 Å². The maximum Gasteiger partial charge on any atom is 0.222 e. The summed E-state index contributed by atoms with van der Waals surface area (Å²) in [5.41, 5.74) is 8.73. The zero-order chi connectivity index (χ0) is 17.2. The van der Waals surface area contributed by atoms with Crippen molar-refractivity contribution in [1.29, 1.82) is 0 Å². The van der Waals surface area contributed by atoms with Gasteiger partial charge in [0.15, 0.2) is 0 Å². The maximum atomic E-state index is 12.3. The van der Waals surface area contributed by atoms with Crippen LogP contribution in [0.4, 0.5) is 0 Å². The molecule has 1 spiro atoms. The lowest BCUT2D eigenvalue weighted by Gasteiger charge is -2.47. The first kappa shape index (κ1) is 17.5. The minimum absolute atomic E-state index is 0.0734. The number of primary amides is 1. The van der Waals surface area contributed by atoms with Gasteiger partial charge in [-0.1, -0.05) is 63.8 Å². The van der Waals surface area contributed by atoms with E-state index < -0.39 is 0 Å². The van der Waals surface area contributed by atoms with Crippen LogP contribution < -0.4 is 11.1 Å². The number of rotatable bonds is 5. The molecule has 0 unspecified atom stereocenters. The first-order chi connectivity index (χ1) is 11.5.